The Kier molecular flexibility index (Phi) is 4.56. The number of aromatic nitrogens is 3. The fourth-order valence-electron chi connectivity index (χ4n) is 3.09. The number of carbonyl (C=O) groups is 1. The van der Waals surface area contributed by atoms with Crippen LogP contribution in [0.15, 0.2) is 45.7 Å². The van der Waals surface area contributed by atoms with Crippen LogP contribution in [0.5, 0.6) is 0 Å². The standard InChI is InChI=1S/C18H18N4O2S/c23-16(10-13-6-9-25-12-13)22-8-3-4-14(11-22)17-20-18(24-21-17)15-5-1-2-7-19-15/h1-2,5-7,9,12,14H,3-4,8,10-11H2/t14-/m1/s1. The van der Waals surface area contributed by atoms with Crippen LogP contribution >= 0.6 is 11.3 Å². The molecule has 1 saturated heterocycles. The largest absolute Gasteiger partial charge is 0.342 e. The first-order valence-electron chi connectivity index (χ1n) is 8.33. The monoisotopic (exact) mass is 354 g/mol. The van der Waals surface area contributed by atoms with Crippen LogP contribution in [-0.4, -0.2) is 39.0 Å². The van der Waals surface area contributed by atoms with E-state index in [1.54, 1.807) is 17.5 Å². The molecule has 4 rings (SSSR count). The van der Waals surface area contributed by atoms with Crippen LogP contribution in [0.3, 0.4) is 0 Å². The van der Waals surface area contributed by atoms with Crippen molar-refractivity contribution in [2.75, 3.05) is 13.1 Å². The molecule has 1 aliphatic heterocycles. The smallest absolute Gasteiger partial charge is 0.276 e. The van der Waals surface area contributed by atoms with Gasteiger partial charge in [0.15, 0.2) is 5.82 Å². The number of hydrogen-bond acceptors (Lipinski definition) is 6. The van der Waals surface area contributed by atoms with E-state index in [-0.39, 0.29) is 11.8 Å². The van der Waals surface area contributed by atoms with E-state index in [2.05, 4.69) is 15.1 Å². The summed E-state index contributed by atoms with van der Waals surface area (Å²) in [6, 6.07) is 7.58. The average Bonchev–Trinajstić information content (AvgIpc) is 3.34. The van der Waals surface area contributed by atoms with Crippen LogP contribution in [0, 0.1) is 0 Å². The molecule has 0 saturated carbocycles. The van der Waals surface area contributed by atoms with Gasteiger partial charge < -0.3 is 9.42 Å². The zero-order chi connectivity index (χ0) is 17.1. The van der Waals surface area contributed by atoms with Gasteiger partial charge in [-0.1, -0.05) is 11.2 Å². The summed E-state index contributed by atoms with van der Waals surface area (Å²) >= 11 is 1.62. The second kappa shape index (κ2) is 7.14. The summed E-state index contributed by atoms with van der Waals surface area (Å²) in [5, 5.41) is 8.15. The summed E-state index contributed by atoms with van der Waals surface area (Å²) in [5.41, 5.74) is 1.75. The van der Waals surface area contributed by atoms with Crippen molar-refractivity contribution < 1.29 is 9.32 Å². The quantitative estimate of drug-likeness (QED) is 0.720. The van der Waals surface area contributed by atoms with Crippen molar-refractivity contribution in [3.63, 3.8) is 0 Å². The zero-order valence-corrected chi connectivity index (χ0v) is 14.5. The van der Waals surface area contributed by atoms with Gasteiger partial charge in [-0.05, 0) is 47.4 Å². The molecule has 0 aliphatic carbocycles. The maximum Gasteiger partial charge on any atom is 0.276 e. The Labute approximate surface area is 149 Å². The summed E-state index contributed by atoms with van der Waals surface area (Å²) in [4.78, 5) is 23.2. The van der Waals surface area contributed by atoms with Gasteiger partial charge in [0.25, 0.3) is 5.89 Å². The summed E-state index contributed by atoms with van der Waals surface area (Å²) in [7, 11) is 0. The highest BCUT2D eigenvalue weighted by atomic mass is 32.1. The molecule has 0 spiro atoms. The normalized spacial score (nSPS) is 17.6. The van der Waals surface area contributed by atoms with Crippen LogP contribution in [0.2, 0.25) is 0 Å². The van der Waals surface area contributed by atoms with Crippen molar-refractivity contribution >= 4 is 17.2 Å². The number of nitrogens with zero attached hydrogens (tertiary/aromatic N) is 4. The molecule has 25 heavy (non-hydrogen) atoms. The Morgan fingerprint density at radius 1 is 1.36 bits per heavy atom. The fraction of sp³-hybridized carbons (Fsp3) is 0.333. The van der Waals surface area contributed by atoms with E-state index >= 15 is 0 Å². The number of rotatable bonds is 4. The van der Waals surface area contributed by atoms with Crippen LogP contribution in [0.1, 0.15) is 30.1 Å². The number of piperidine rings is 1. The molecule has 7 heteroatoms. The first-order chi connectivity index (χ1) is 12.3. The molecule has 0 radical (unpaired) electrons. The molecule has 1 fully saturated rings. The lowest BCUT2D eigenvalue weighted by Crippen LogP contribution is -2.40. The van der Waals surface area contributed by atoms with Crippen LogP contribution in [0.25, 0.3) is 11.6 Å². The maximum atomic E-state index is 12.5. The van der Waals surface area contributed by atoms with Crippen LogP contribution in [-0.2, 0) is 11.2 Å². The topological polar surface area (TPSA) is 72.1 Å². The predicted molar refractivity (Wildman–Crippen MR) is 94.1 cm³/mol. The molecule has 6 nitrogen and oxygen atoms in total. The summed E-state index contributed by atoms with van der Waals surface area (Å²) < 4.78 is 5.36. The van der Waals surface area contributed by atoms with Gasteiger partial charge in [-0.15, -0.1) is 0 Å². The Morgan fingerprint density at radius 3 is 3.12 bits per heavy atom. The maximum absolute atomic E-state index is 12.5. The second-order valence-electron chi connectivity index (χ2n) is 6.16. The van der Waals surface area contributed by atoms with Gasteiger partial charge in [0.05, 0.1) is 6.42 Å². The van der Waals surface area contributed by atoms with E-state index in [9.17, 15) is 4.79 Å². The molecule has 1 aliphatic rings. The van der Waals surface area contributed by atoms with Crippen LogP contribution < -0.4 is 0 Å². The van der Waals surface area contributed by atoms with Gasteiger partial charge in [-0.2, -0.15) is 16.3 Å². The molecule has 0 aromatic carbocycles. The lowest BCUT2D eigenvalue weighted by molar-refractivity contribution is -0.131. The van der Waals surface area contributed by atoms with Crippen molar-refractivity contribution in [3.8, 4) is 11.6 Å². The molecular weight excluding hydrogens is 336 g/mol. The third kappa shape index (κ3) is 3.61. The highest BCUT2D eigenvalue weighted by Crippen LogP contribution is 2.27. The van der Waals surface area contributed by atoms with Gasteiger partial charge >= 0.3 is 0 Å². The Balaban J connectivity index is 1.44. The number of pyridine rings is 1. The van der Waals surface area contributed by atoms with Gasteiger partial charge in [-0.25, -0.2) is 0 Å². The average molecular weight is 354 g/mol. The van der Waals surface area contributed by atoms with E-state index < -0.39 is 0 Å². The molecule has 0 bridgehead atoms. The van der Waals surface area contributed by atoms with E-state index in [4.69, 9.17) is 4.52 Å². The highest BCUT2D eigenvalue weighted by molar-refractivity contribution is 7.08. The zero-order valence-electron chi connectivity index (χ0n) is 13.7. The van der Waals surface area contributed by atoms with Crippen molar-refractivity contribution in [1.29, 1.82) is 0 Å². The molecule has 3 aromatic rings. The van der Waals surface area contributed by atoms with E-state index in [1.807, 2.05) is 39.9 Å². The first-order valence-corrected chi connectivity index (χ1v) is 9.28. The number of thiophene rings is 1. The third-order valence-corrected chi connectivity index (χ3v) is 5.13. The molecule has 4 heterocycles. The van der Waals surface area contributed by atoms with Crippen molar-refractivity contribution in [2.24, 2.45) is 0 Å². The predicted octanol–water partition coefficient (Wildman–Crippen LogP) is 3.14. The fourth-order valence-corrected chi connectivity index (χ4v) is 3.76. The molecule has 128 valence electrons. The minimum atomic E-state index is 0.112. The molecule has 0 unspecified atom stereocenters. The summed E-state index contributed by atoms with van der Waals surface area (Å²) in [5.74, 6) is 1.36. The number of carbonyl (C=O) groups excluding carboxylic acids is 1. The van der Waals surface area contributed by atoms with Crippen molar-refractivity contribution in [2.45, 2.75) is 25.2 Å². The number of hydrogen-bond donors (Lipinski definition) is 0. The number of amides is 1. The van der Waals surface area contributed by atoms with Crippen LogP contribution in [0.4, 0.5) is 0 Å². The molecule has 3 aromatic heterocycles. The summed E-state index contributed by atoms with van der Waals surface area (Å²) in [6.45, 7) is 1.44. The Hall–Kier alpha value is -2.54. The molecule has 1 atom stereocenters. The molecule has 0 N–H and O–H groups in total. The Morgan fingerprint density at radius 2 is 2.32 bits per heavy atom. The minimum absolute atomic E-state index is 0.112. The second-order valence-corrected chi connectivity index (χ2v) is 6.94. The van der Waals surface area contributed by atoms with E-state index in [0.717, 1.165) is 24.9 Å². The summed E-state index contributed by atoms with van der Waals surface area (Å²) in [6.07, 6.45) is 4.07. The Bertz CT molecular complexity index is 832. The van der Waals surface area contributed by atoms with Gasteiger partial charge in [-0.3, -0.25) is 9.78 Å². The van der Waals surface area contributed by atoms with Gasteiger partial charge in [0.2, 0.25) is 5.91 Å². The van der Waals surface area contributed by atoms with Crippen molar-refractivity contribution in [3.05, 3.63) is 52.6 Å². The molecular formula is C18H18N4O2S. The SMILES string of the molecule is O=C(Cc1ccsc1)N1CCC[C@@H](c2noc(-c3ccccn3)n2)C1. The molecule has 1 amide bonds. The number of likely N-dealkylation sites (tertiary alicyclic amines) is 1. The minimum Gasteiger partial charge on any atom is -0.342 e. The lowest BCUT2D eigenvalue weighted by atomic mass is 9.97. The van der Waals surface area contributed by atoms with Gasteiger partial charge in [0, 0.05) is 25.2 Å². The van der Waals surface area contributed by atoms with E-state index in [0.29, 0.717) is 30.4 Å². The highest BCUT2D eigenvalue weighted by Gasteiger charge is 2.28. The van der Waals surface area contributed by atoms with Gasteiger partial charge in [0.1, 0.15) is 5.69 Å². The first kappa shape index (κ1) is 16.0. The lowest BCUT2D eigenvalue weighted by Gasteiger charge is -2.31. The van der Waals surface area contributed by atoms with Crippen molar-refractivity contribution in [1.82, 2.24) is 20.0 Å². The third-order valence-electron chi connectivity index (χ3n) is 4.40. The van der Waals surface area contributed by atoms with E-state index in [1.165, 1.54) is 0 Å².